The second-order valence-corrected chi connectivity index (χ2v) is 6.63. The molecule has 0 aromatic heterocycles. The molecule has 2 rings (SSSR count). The Kier molecular flexibility index (Phi) is 7.41. The van der Waals surface area contributed by atoms with Gasteiger partial charge in [-0.05, 0) is 54.0 Å². The molecule has 0 aliphatic rings. The van der Waals surface area contributed by atoms with Crippen molar-refractivity contribution in [3.8, 4) is 11.5 Å². The lowest BCUT2D eigenvalue weighted by Gasteiger charge is -2.12. The van der Waals surface area contributed by atoms with E-state index in [0.717, 1.165) is 11.3 Å². The van der Waals surface area contributed by atoms with Crippen LogP contribution < -0.4 is 20.1 Å². The summed E-state index contributed by atoms with van der Waals surface area (Å²) in [6.45, 7) is 5.26. The highest BCUT2D eigenvalue weighted by Crippen LogP contribution is 2.14. The number of ether oxygens (including phenoxy) is 2. The molecule has 0 saturated heterocycles. The predicted octanol–water partition coefficient (Wildman–Crippen LogP) is 3.53. The van der Waals surface area contributed by atoms with Crippen LogP contribution in [0.15, 0.2) is 48.5 Å². The second-order valence-electron chi connectivity index (χ2n) is 6.22. The molecule has 0 heterocycles. The molecule has 0 aliphatic heterocycles. The summed E-state index contributed by atoms with van der Waals surface area (Å²) in [5.41, 5.74) is 1.53. The van der Waals surface area contributed by atoms with E-state index < -0.39 is 0 Å². The van der Waals surface area contributed by atoms with Gasteiger partial charge >= 0.3 is 0 Å². The van der Waals surface area contributed by atoms with Crippen molar-refractivity contribution in [1.82, 2.24) is 10.6 Å². The van der Waals surface area contributed by atoms with E-state index in [4.69, 9.17) is 21.7 Å². The molecule has 2 N–H and O–H groups in total. The summed E-state index contributed by atoms with van der Waals surface area (Å²) >= 11 is 5.20. The smallest absolute Gasteiger partial charge is 0.257 e. The van der Waals surface area contributed by atoms with Crippen molar-refractivity contribution in [3.63, 3.8) is 0 Å². The van der Waals surface area contributed by atoms with Gasteiger partial charge in [0, 0.05) is 12.1 Å². The standard InChI is InChI=1S/C20H24N2O3S/c1-14(2)13-25-18-6-4-5-16(11-18)19(23)22-20(26)21-12-15-7-9-17(24-3)10-8-15/h4-11,14H,12-13H2,1-3H3,(H2,21,22,23,26). The van der Waals surface area contributed by atoms with Gasteiger partial charge in [0.25, 0.3) is 5.91 Å². The van der Waals surface area contributed by atoms with E-state index >= 15 is 0 Å². The number of benzene rings is 2. The third-order valence-corrected chi connectivity index (χ3v) is 3.77. The molecule has 1 amide bonds. The quantitative estimate of drug-likeness (QED) is 0.728. The van der Waals surface area contributed by atoms with Crippen molar-refractivity contribution in [3.05, 3.63) is 59.7 Å². The van der Waals surface area contributed by atoms with Crippen molar-refractivity contribution >= 4 is 23.2 Å². The molecule has 2 aromatic rings. The van der Waals surface area contributed by atoms with Gasteiger partial charge in [0.2, 0.25) is 0 Å². The van der Waals surface area contributed by atoms with Crippen LogP contribution in [-0.4, -0.2) is 24.7 Å². The van der Waals surface area contributed by atoms with Crippen molar-refractivity contribution in [2.75, 3.05) is 13.7 Å². The van der Waals surface area contributed by atoms with Gasteiger partial charge in [-0.25, -0.2) is 0 Å². The SMILES string of the molecule is COc1ccc(CNC(=S)NC(=O)c2cccc(OCC(C)C)c2)cc1. The average molecular weight is 372 g/mol. The number of carbonyl (C=O) groups is 1. The van der Waals surface area contributed by atoms with E-state index in [-0.39, 0.29) is 11.0 Å². The van der Waals surface area contributed by atoms with Crippen LogP contribution in [-0.2, 0) is 6.54 Å². The van der Waals surface area contributed by atoms with Gasteiger partial charge in [-0.1, -0.05) is 32.0 Å². The first-order valence-electron chi connectivity index (χ1n) is 8.43. The molecule has 0 atom stereocenters. The van der Waals surface area contributed by atoms with Gasteiger partial charge in [0.05, 0.1) is 13.7 Å². The van der Waals surface area contributed by atoms with Crippen LogP contribution in [0.25, 0.3) is 0 Å². The van der Waals surface area contributed by atoms with E-state index in [2.05, 4.69) is 24.5 Å². The van der Waals surface area contributed by atoms with Crippen LogP contribution in [0.1, 0.15) is 29.8 Å². The molecular formula is C20H24N2O3S. The van der Waals surface area contributed by atoms with Crippen LogP contribution in [0.2, 0.25) is 0 Å². The maximum atomic E-state index is 12.3. The van der Waals surface area contributed by atoms with E-state index in [1.54, 1.807) is 25.3 Å². The van der Waals surface area contributed by atoms with Crippen LogP contribution >= 0.6 is 12.2 Å². The summed E-state index contributed by atoms with van der Waals surface area (Å²) in [5, 5.41) is 5.98. The molecule has 0 radical (unpaired) electrons. The zero-order valence-electron chi connectivity index (χ0n) is 15.2. The third-order valence-electron chi connectivity index (χ3n) is 3.52. The number of hydrogen-bond acceptors (Lipinski definition) is 4. The second kappa shape index (κ2) is 9.77. The fourth-order valence-electron chi connectivity index (χ4n) is 2.14. The maximum absolute atomic E-state index is 12.3. The molecule has 0 spiro atoms. The highest BCUT2D eigenvalue weighted by molar-refractivity contribution is 7.80. The molecule has 0 unspecified atom stereocenters. The van der Waals surface area contributed by atoms with Crippen molar-refractivity contribution in [2.24, 2.45) is 5.92 Å². The molecule has 6 heteroatoms. The maximum Gasteiger partial charge on any atom is 0.257 e. The lowest BCUT2D eigenvalue weighted by atomic mass is 10.2. The van der Waals surface area contributed by atoms with Gasteiger partial charge in [0.1, 0.15) is 11.5 Å². The number of rotatable bonds is 7. The van der Waals surface area contributed by atoms with Crippen molar-refractivity contribution < 1.29 is 14.3 Å². The monoisotopic (exact) mass is 372 g/mol. The summed E-state index contributed by atoms with van der Waals surface area (Å²) in [6.07, 6.45) is 0. The summed E-state index contributed by atoms with van der Waals surface area (Å²) in [7, 11) is 1.63. The van der Waals surface area contributed by atoms with E-state index in [0.29, 0.717) is 30.4 Å². The van der Waals surface area contributed by atoms with Crippen molar-refractivity contribution in [1.29, 1.82) is 0 Å². The van der Waals surface area contributed by atoms with Gasteiger partial charge in [-0.3, -0.25) is 10.1 Å². The lowest BCUT2D eigenvalue weighted by Crippen LogP contribution is -2.38. The Hall–Kier alpha value is -2.60. The highest BCUT2D eigenvalue weighted by atomic mass is 32.1. The first-order chi connectivity index (χ1) is 12.5. The number of carbonyl (C=O) groups excluding carboxylic acids is 1. The Morgan fingerprint density at radius 3 is 2.50 bits per heavy atom. The molecule has 0 bridgehead atoms. The normalized spacial score (nSPS) is 10.3. The van der Waals surface area contributed by atoms with E-state index in [1.165, 1.54) is 0 Å². The van der Waals surface area contributed by atoms with E-state index in [9.17, 15) is 4.79 Å². The van der Waals surface area contributed by atoms with Gasteiger partial charge < -0.3 is 14.8 Å². The Morgan fingerprint density at radius 2 is 1.85 bits per heavy atom. The Labute approximate surface area is 159 Å². The summed E-state index contributed by atoms with van der Waals surface area (Å²) in [4.78, 5) is 12.3. The van der Waals surface area contributed by atoms with Crippen LogP contribution in [0.4, 0.5) is 0 Å². The molecule has 0 fully saturated rings. The van der Waals surface area contributed by atoms with Gasteiger partial charge in [-0.15, -0.1) is 0 Å². The molecular weight excluding hydrogens is 348 g/mol. The lowest BCUT2D eigenvalue weighted by molar-refractivity contribution is 0.0976. The largest absolute Gasteiger partial charge is 0.497 e. The number of amides is 1. The van der Waals surface area contributed by atoms with Crippen molar-refractivity contribution in [2.45, 2.75) is 20.4 Å². The molecule has 5 nitrogen and oxygen atoms in total. The third kappa shape index (κ3) is 6.37. The van der Waals surface area contributed by atoms with Crippen LogP contribution in [0.5, 0.6) is 11.5 Å². The molecule has 26 heavy (non-hydrogen) atoms. The first-order valence-corrected chi connectivity index (χ1v) is 8.83. The molecule has 0 saturated carbocycles. The topological polar surface area (TPSA) is 59.6 Å². The van der Waals surface area contributed by atoms with Gasteiger partial charge in [0.15, 0.2) is 5.11 Å². The molecule has 0 aliphatic carbocycles. The number of nitrogens with one attached hydrogen (secondary N) is 2. The Balaban J connectivity index is 1.86. The molecule has 138 valence electrons. The summed E-state index contributed by atoms with van der Waals surface area (Å²) in [5.74, 6) is 1.61. The fourth-order valence-corrected chi connectivity index (χ4v) is 2.30. The number of thiocarbonyl (C=S) groups is 1. The number of methoxy groups -OCH3 is 1. The Bertz CT molecular complexity index is 745. The fraction of sp³-hybridized carbons (Fsp3) is 0.300. The van der Waals surface area contributed by atoms with E-state index in [1.807, 2.05) is 30.3 Å². The summed E-state index contributed by atoms with van der Waals surface area (Å²) in [6, 6.07) is 14.7. The van der Waals surface area contributed by atoms with Crippen LogP contribution in [0, 0.1) is 5.92 Å². The predicted molar refractivity (Wildman–Crippen MR) is 107 cm³/mol. The minimum Gasteiger partial charge on any atom is -0.497 e. The summed E-state index contributed by atoms with van der Waals surface area (Å²) < 4.78 is 10.8. The van der Waals surface area contributed by atoms with Crippen LogP contribution in [0.3, 0.4) is 0 Å². The minimum atomic E-state index is -0.271. The highest BCUT2D eigenvalue weighted by Gasteiger charge is 2.09. The minimum absolute atomic E-state index is 0.271. The average Bonchev–Trinajstić information content (AvgIpc) is 2.65. The zero-order valence-corrected chi connectivity index (χ0v) is 16.1. The molecule has 2 aromatic carbocycles. The van der Waals surface area contributed by atoms with Gasteiger partial charge in [-0.2, -0.15) is 0 Å². The zero-order chi connectivity index (χ0) is 18.9. The first kappa shape index (κ1) is 19.7. The number of hydrogen-bond donors (Lipinski definition) is 2. The Morgan fingerprint density at radius 1 is 1.12 bits per heavy atom.